The number of esters is 1. The Hall–Kier alpha value is -0.530. The number of cyclic esters (lactones) is 1. The summed E-state index contributed by atoms with van der Waals surface area (Å²) in [4.78, 5) is 10.9. The van der Waals surface area contributed by atoms with Gasteiger partial charge in [0, 0.05) is 6.42 Å². The first-order chi connectivity index (χ1) is 5.22. The second-order valence-corrected chi connectivity index (χ2v) is 3.50. The van der Waals surface area contributed by atoms with Crippen LogP contribution in [-0.4, -0.2) is 12.6 Å². The van der Waals surface area contributed by atoms with Crippen LogP contribution in [0.25, 0.3) is 0 Å². The molecular weight excluding hydrogens is 140 g/mol. The summed E-state index contributed by atoms with van der Waals surface area (Å²) in [6.07, 6.45) is 2.87. The molecule has 0 saturated carbocycles. The van der Waals surface area contributed by atoms with Crippen molar-refractivity contribution < 1.29 is 9.53 Å². The number of hydrogen-bond acceptors (Lipinski definition) is 2. The molecule has 11 heavy (non-hydrogen) atoms. The van der Waals surface area contributed by atoms with Gasteiger partial charge in [0.25, 0.3) is 0 Å². The monoisotopic (exact) mass is 156 g/mol. The summed E-state index contributed by atoms with van der Waals surface area (Å²) in [5.74, 6) is 1.08. The van der Waals surface area contributed by atoms with Gasteiger partial charge in [0.2, 0.25) is 0 Å². The molecule has 64 valence electrons. The van der Waals surface area contributed by atoms with Crippen LogP contribution in [0.1, 0.15) is 33.1 Å². The maximum Gasteiger partial charge on any atom is 0.306 e. The van der Waals surface area contributed by atoms with Gasteiger partial charge in [-0.3, -0.25) is 4.79 Å². The smallest absolute Gasteiger partial charge is 0.306 e. The van der Waals surface area contributed by atoms with Gasteiger partial charge in [-0.1, -0.05) is 20.3 Å². The average Bonchev–Trinajstić information content (AvgIpc) is 2.11. The maximum absolute atomic E-state index is 10.9. The third kappa shape index (κ3) is 2.52. The molecule has 0 aromatic carbocycles. The molecule has 1 rings (SSSR count). The van der Waals surface area contributed by atoms with Crippen LogP contribution in [0.2, 0.25) is 0 Å². The standard InChI is InChI=1S/C9H16O2/c1-3-8-4-7(2)5-9(10)11-6-8/h7-8H,3-6H2,1-2H3. The van der Waals surface area contributed by atoms with Gasteiger partial charge in [-0.2, -0.15) is 0 Å². The summed E-state index contributed by atoms with van der Waals surface area (Å²) < 4.78 is 5.04. The summed E-state index contributed by atoms with van der Waals surface area (Å²) in [5.41, 5.74) is 0. The fourth-order valence-electron chi connectivity index (χ4n) is 1.56. The molecule has 2 unspecified atom stereocenters. The number of carbonyl (C=O) groups excluding carboxylic acids is 1. The minimum Gasteiger partial charge on any atom is -0.465 e. The van der Waals surface area contributed by atoms with Crippen molar-refractivity contribution in [1.82, 2.24) is 0 Å². The first-order valence-electron chi connectivity index (χ1n) is 4.38. The first kappa shape index (κ1) is 8.57. The molecule has 2 nitrogen and oxygen atoms in total. The lowest BCUT2D eigenvalue weighted by molar-refractivity contribution is -0.144. The topological polar surface area (TPSA) is 26.3 Å². The van der Waals surface area contributed by atoms with Crippen molar-refractivity contribution in [3.05, 3.63) is 0 Å². The fourth-order valence-corrected chi connectivity index (χ4v) is 1.56. The molecule has 2 heteroatoms. The van der Waals surface area contributed by atoms with E-state index in [1.165, 1.54) is 0 Å². The Bertz CT molecular complexity index is 142. The van der Waals surface area contributed by atoms with E-state index in [0.29, 0.717) is 24.9 Å². The second kappa shape index (κ2) is 3.74. The van der Waals surface area contributed by atoms with Crippen molar-refractivity contribution in [1.29, 1.82) is 0 Å². The zero-order valence-electron chi connectivity index (χ0n) is 7.30. The molecule has 0 N–H and O–H groups in total. The Labute approximate surface area is 67.9 Å². The summed E-state index contributed by atoms with van der Waals surface area (Å²) in [5, 5.41) is 0. The van der Waals surface area contributed by atoms with E-state index >= 15 is 0 Å². The van der Waals surface area contributed by atoms with Crippen LogP contribution in [0.5, 0.6) is 0 Å². The minimum atomic E-state index is -0.0200. The molecule has 0 spiro atoms. The average molecular weight is 156 g/mol. The molecule has 0 amide bonds. The van der Waals surface area contributed by atoms with E-state index in [1.54, 1.807) is 0 Å². The van der Waals surface area contributed by atoms with Gasteiger partial charge in [-0.15, -0.1) is 0 Å². The fraction of sp³-hybridized carbons (Fsp3) is 0.889. The molecule has 1 fully saturated rings. The number of ether oxygens (including phenoxy) is 1. The highest BCUT2D eigenvalue weighted by Crippen LogP contribution is 2.22. The van der Waals surface area contributed by atoms with Gasteiger partial charge in [-0.25, -0.2) is 0 Å². The van der Waals surface area contributed by atoms with Crippen LogP contribution >= 0.6 is 0 Å². The normalized spacial score (nSPS) is 32.7. The quantitative estimate of drug-likeness (QED) is 0.543. The van der Waals surface area contributed by atoms with Crippen LogP contribution in [0, 0.1) is 11.8 Å². The maximum atomic E-state index is 10.9. The third-order valence-electron chi connectivity index (χ3n) is 2.31. The lowest BCUT2D eigenvalue weighted by Crippen LogP contribution is -2.07. The summed E-state index contributed by atoms with van der Waals surface area (Å²) in [6.45, 7) is 4.91. The first-order valence-corrected chi connectivity index (χ1v) is 4.38. The molecule has 0 aromatic heterocycles. The Balaban J connectivity index is 2.46. The minimum absolute atomic E-state index is 0.0200. The van der Waals surface area contributed by atoms with E-state index in [1.807, 2.05) is 0 Å². The molecule has 2 atom stereocenters. The third-order valence-corrected chi connectivity index (χ3v) is 2.31. The zero-order valence-corrected chi connectivity index (χ0v) is 7.30. The molecule has 0 radical (unpaired) electrons. The summed E-state index contributed by atoms with van der Waals surface area (Å²) >= 11 is 0. The molecule has 0 aromatic rings. The predicted molar refractivity (Wildman–Crippen MR) is 43.1 cm³/mol. The molecule has 1 aliphatic heterocycles. The van der Waals surface area contributed by atoms with E-state index < -0.39 is 0 Å². The van der Waals surface area contributed by atoms with Crippen LogP contribution in [0.15, 0.2) is 0 Å². The van der Waals surface area contributed by atoms with E-state index in [0.717, 1.165) is 12.8 Å². The van der Waals surface area contributed by atoms with Crippen LogP contribution in [0.3, 0.4) is 0 Å². The van der Waals surface area contributed by atoms with Crippen LogP contribution in [0.4, 0.5) is 0 Å². The van der Waals surface area contributed by atoms with Crippen LogP contribution in [-0.2, 0) is 9.53 Å². The number of carbonyl (C=O) groups is 1. The van der Waals surface area contributed by atoms with Gasteiger partial charge >= 0.3 is 5.97 Å². The highest BCUT2D eigenvalue weighted by Gasteiger charge is 2.20. The van der Waals surface area contributed by atoms with Crippen molar-refractivity contribution in [3.63, 3.8) is 0 Å². The van der Waals surface area contributed by atoms with Crippen molar-refractivity contribution in [3.8, 4) is 0 Å². The number of rotatable bonds is 1. The van der Waals surface area contributed by atoms with Crippen molar-refractivity contribution in [2.75, 3.05) is 6.61 Å². The molecular formula is C9H16O2. The van der Waals surface area contributed by atoms with Gasteiger partial charge in [0.1, 0.15) is 0 Å². The lowest BCUT2D eigenvalue weighted by Gasteiger charge is -2.11. The van der Waals surface area contributed by atoms with Crippen molar-refractivity contribution >= 4 is 5.97 Å². The van der Waals surface area contributed by atoms with Crippen molar-refractivity contribution in [2.45, 2.75) is 33.1 Å². The summed E-state index contributed by atoms with van der Waals surface area (Å²) in [7, 11) is 0. The Morgan fingerprint density at radius 3 is 3.00 bits per heavy atom. The molecule has 1 saturated heterocycles. The lowest BCUT2D eigenvalue weighted by atomic mass is 9.93. The molecule has 1 aliphatic rings. The van der Waals surface area contributed by atoms with Gasteiger partial charge in [0.05, 0.1) is 6.61 Å². The van der Waals surface area contributed by atoms with E-state index in [4.69, 9.17) is 4.74 Å². The summed E-state index contributed by atoms with van der Waals surface area (Å²) in [6, 6.07) is 0. The van der Waals surface area contributed by atoms with Crippen molar-refractivity contribution in [2.24, 2.45) is 11.8 Å². The Kier molecular flexibility index (Phi) is 2.92. The molecule has 0 bridgehead atoms. The predicted octanol–water partition coefficient (Wildman–Crippen LogP) is 1.99. The Morgan fingerprint density at radius 1 is 1.64 bits per heavy atom. The second-order valence-electron chi connectivity index (χ2n) is 3.50. The van der Waals surface area contributed by atoms with Gasteiger partial charge in [0.15, 0.2) is 0 Å². The zero-order chi connectivity index (χ0) is 8.27. The van der Waals surface area contributed by atoms with E-state index in [-0.39, 0.29) is 5.97 Å². The van der Waals surface area contributed by atoms with Gasteiger partial charge in [-0.05, 0) is 18.3 Å². The molecule has 1 heterocycles. The number of hydrogen-bond donors (Lipinski definition) is 0. The SMILES string of the molecule is CCC1COC(=O)CC(C)C1. The molecule has 0 aliphatic carbocycles. The largest absolute Gasteiger partial charge is 0.465 e. The van der Waals surface area contributed by atoms with Gasteiger partial charge < -0.3 is 4.74 Å². The Morgan fingerprint density at radius 2 is 2.36 bits per heavy atom. The van der Waals surface area contributed by atoms with E-state index in [9.17, 15) is 4.79 Å². The van der Waals surface area contributed by atoms with Crippen LogP contribution < -0.4 is 0 Å². The highest BCUT2D eigenvalue weighted by molar-refractivity contribution is 5.69. The highest BCUT2D eigenvalue weighted by atomic mass is 16.5. The van der Waals surface area contributed by atoms with E-state index in [2.05, 4.69) is 13.8 Å².